The van der Waals surface area contributed by atoms with Gasteiger partial charge in [-0.05, 0) is 75.4 Å². The Morgan fingerprint density at radius 1 is 0.583 bits per heavy atom. The minimum atomic E-state index is 0. The van der Waals surface area contributed by atoms with Crippen molar-refractivity contribution in [2.45, 2.75) is 0 Å². The molecule has 230 valence electrons. The van der Waals surface area contributed by atoms with Gasteiger partial charge in [-0.1, -0.05) is 47.9 Å². The van der Waals surface area contributed by atoms with E-state index < -0.39 is 0 Å². The molecule has 0 amide bonds. The molecule has 0 N–H and O–H groups in total. The minimum Gasteiger partial charge on any atom is -0.367 e. The van der Waals surface area contributed by atoms with Crippen molar-refractivity contribution in [2.75, 3.05) is 0 Å². The summed E-state index contributed by atoms with van der Waals surface area (Å²) in [5.41, 5.74) is 12.0. The van der Waals surface area contributed by atoms with Crippen molar-refractivity contribution in [1.82, 2.24) is 29.1 Å². The number of rotatable bonds is 5. The van der Waals surface area contributed by atoms with Crippen molar-refractivity contribution < 1.29 is 21.1 Å². The number of benzene rings is 4. The Bertz CT molecular complexity index is 2570. The summed E-state index contributed by atoms with van der Waals surface area (Å²) in [6.07, 6.45) is 9.20. The van der Waals surface area contributed by atoms with E-state index in [2.05, 4.69) is 122 Å². The standard InChI is InChI=1S/C41H26N6.Pt/c1-46-40-23-28(32-9-6-19-43-26-32)13-16-37(40)45-41(46)30-12-15-34-35-22-27(31-8-5-18-42-25-31)14-17-38(35)47(39(34)24-30)33-10-4-7-29(21-33)36-11-2-3-20-44-36;/h2-20,22-23,25-26H,1H3;/q-2;+2. The second-order valence-corrected chi connectivity index (χ2v) is 11.5. The first-order valence-corrected chi connectivity index (χ1v) is 15.4. The molecule has 4 aromatic carbocycles. The van der Waals surface area contributed by atoms with Gasteiger partial charge < -0.3 is 14.1 Å². The summed E-state index contributed by atoms with van der Waals surface area (Å²) in [6, 6.07) is 44.9. The zero-order chi connectivity index (χ0) is 31.3. The Morgan fingerprint density at radius 2 is 1.38 bits per heavy atom. The third-order valence-electron chi connectivity index (χ3n) is 8.75. The van der Waals surface area contributed by atoms with Crippen molar-refractivity contribution in [3.8, 4) is 50.6 Å². The summed E-state index contributed by atoms with van der Waals surface area (Å²) in [5.74, 6) is 0.851. The van der Waals surface area contributed by atoms with E-state index in [9.17, 15) is 0 Å². The first-order valence-electron chi connectivity index (χ1n) is 15.4. The average Bonchev–Trinajstić information content (AvgIpc) is 3.66. The number of hydrogen-bond donors (Lipinski definition) is 0. The van der Waals surface area contributed by atoms with Crippen LogP contribution in [0, 0.1) is 12.1 Å². The summed E-state index contributed by atoms with van der Waals surface area (Å²) < 4.78 is 4.39. The number of aromatic nitrogens is 6. The minimum absolute atomic E-state index is 0. The van der Waals surface area contributed by atoms with Crippen LogP contribution in [0.5, 0.6) is 0 Å². The van der Waals surface area contributed by atoms with Gasteiger partial charge in [0, 0.05) is 49.1 Å². The van der Waals surface area contributed by atoms with Crippen LogP contribution in [-0.4, -0.2) is 29.1 Å². The van der Waals surface area contributed by atoms with E-state index in [0.717, 1.165) is 83.4 Å². The Balaban J connectivity index is 0.00000336. The molecule has 0 aliphatic rings. The number of pyridine rings is 3. The first-order chi connectivity index (χ1) is 23.2. The van der Waals surface area contributed by atoms with E-state index in [1.54, 1.807) is 12.4 Å². The summed E-state index contributed by atoms with van der Waals surface area (Å²) in [7, 11) is 2.07. The number of nitrogens with zero attached hydrogens (tertiary/aromatic N) is 6. The number of imidazole rings is 1. The van der Waals surface area contributed by atoms with Gasteiger partial charge in [-0.15, -0.1) is 53.6 Å². The largest absolute Gasteiger partial charge is 2.00 e. The van der Waals surface area contributed by atoms with Gasteiger partial charge in [0.1, 0.15) is 0 Å². The Morgan fingerprint density at radius 3 is 2.12 bits per heavy atom. The maximum atomic E-state index is 5.07. The predicted molar refractivity (Wildman–Crippen MR) is 188 cm³/mol. The van der Waals surface area contributed by atoms with E-state index in [1.807, 2.05) is 48.9 Å². The molecule has 6 nitrogen and oxygen atoms in total. The van der Waals surface area contributed by atoms with Gasteiger partial charge in [0.2, 0.25) is 0 Å². The monoisotopic (exact) mass is 797 g/mol. The van der Waals surface area contributed by atoms with Crippen LogP contribution in [0.4, 0.5) is 0 Å². The Labute approximate surface area is 291 Å². The summed E-state index contributed by atoms with van der Waals surface area (Å²) in [5, 5.41) is 2.23. The zero-order valence-electron chi connectivity index (χ0n) is 25.8. The van der Waals surface area contributed by atoms with Gasteiger partial charge in [-0.3, -0.25) is 15.0 Å². The van der Waals surface area contributed by atoms with E-state index in [4.69, 9.17) is 4.98 Å². The molecule has 0 radical (unpaired) electrons. The summed E-state index contributed by atoms with van der Waals surface area (Å²) in [6.45, 7) is 0. The first kappa shape index (κ1) is 29.7. The van der Waals surface area contributed by atoms with Crippen LogP contribution in [-0.2, 0) is 28.1 Å². The molecule has 0 bridgehead atoms. The molecular weight excluding hydrogens is 772 g/mol. The Hall–Kier alpha value is -5.71. The fraction of sp³-hybridized carbons (Fsp3) is 0.0244. The van der Waals surface area contributed by atoms with Crippen molar-refractivity contribution in [2.24, 2.45) is 7.05 Å². The fourth-order valence-corrected chi connectivity index (χ4v) is 6.44. The molecule has 0 unspecified atom stereocenters. The van der Waals surface area contributed by atoms with Crippen LogP contribution in [0.15, 0.2) is 140 Å². The second kappa shape index (κ2) is 12.1. The van der Waals surface area contributed by atoms with E-state index >= 15 is 0 Å². The smallest absolute Gasteiger partial charge is 0.367 e. The molecule has 5 aromatic heterocycles. The molecule has 0 spiro atoms. The summed E-state index contributed by atoms with van der Waals surface area (Å²) >= 11 is 0. The average molecular weight is 798 g/mol. The van der Waals surface area contributed by atoms with Crippen LogP contribution in [0.2, 0.25) is 0 Å². The molecule has 0 aliphatic carbocycles. The van der Waals surface area contributed by atoms with Crippen LogP contribution < -0.4 is 0 Å². The molecule has 0 saturated heterocycles. The van der Waals surface area contributed by atoms with E-state index in [1.165, 1.54) is 0 Å². The SMILES string of the molecule is Cn1c(-c2[c-]c3c(cc2)c2cc(-c4cccnc4)ccc2n3-c2[c-]c(-c3ccccn3)ccc2)nc2ccc(-c3cccnc3)cc21.[Pt+2]. The molecule has 0 atom stereocenters. The van der Waals surface area contributed by atoms with Crippen LogP contribution >= 0.6 is 0 Å². The van der Waals surface area contributed by atoms with Gasteiger partial charge in [0.25, 0.3) is 0 Å². The molecule has 5 heterocycles. The third-order valence-corrected chi connectivity index (χ3v) is 8.75. The van der Waals surface area contributed by atoms with Gasteiger partial charge in [-0.2, -0.15) is 0 Å². The van der Waals surface area contributed by atoms with Crippen molar-refractivity contribution in [1.29, 1.82) is 0 Å². The van der Waals surface area contributed by atoms with Gasteiger partial charge in [0.15, 0.2) is 0 Å². The molecule has 7 heteroatoms. The molecule has 9 aromatic rings. The Kier molecular flexibility index (Phi) is 7.51. The second-order valence-electron chi connectivity index (χ2n) is 11.5. The molecule has 0 saturated carbocycles. The third kappa shape index (κ3) is 5.02. The number of aryl methyl sites for hydroxylation is 1. The van der Waals surface area contributed by atoms with Crippen molar-refractivity contribution in [3.05, 3.63) is 152 Å². The summed E-state index contributed by atoms with van der Waals surface area (Å²) in [4.78, 5) is 18.3. The van der Waals surface area contributed by atoms with Crippen LogP contribution in [0.25, 0.3) is 83.4 Å². The predicted octanol–water partition coefficient (Wildman–Crippen LogP) is 9.12. The van der Waals surface area contributed by atoms with E-state index in [0.29, 0.717) is 0 Å². The van der Waals surface area contributed by atoms with Gasteiger partial charge in [-0.25, -0.2) is 0 Å². The van der Waals surface area contributed by atoms with Crippen molar-refractivity contribution in [3.63, 3.8) is 0 Å². The maximum Gasteiger partial charge on any atom is 2.00 e. The molecule has 48 heavy (non-hydrogen) atoms. The number of hydrogen-bond acceptors (Lipinski definition) is 4. The fourth-order valence-electron chi connectivity index (χ4n) is 6.44. The van der Waals surface area contributed by atoms with E-state index in [-0.39, 0.29) is 21.1 Å². The topological polar surface area (TPSA) is 61.4 Å². The zero-order valence-corrected chi connectivity index (χ0v) is 28.1. The van der Waals surface area contributed by atoms with Crippen LogP contribution in [0.3, 0.4) is 0 Å². The van der Waals surface area contributed by atoms with Crippen molar-refractivity contribution >= 4 is 32.8 Å². The number of fused-ring (bicyclic) bond motifs is 4. The molecule has 0 aliphatic heterocycles. The normalized spacial score (nSPS) is 11.3. The van der Waals surface area contributed by atoms with Gasteiger partial charge in [0.05, 0.1) is 16.9 Å². The molecular formula is C41H26N6Pt. The molecule has 0 fully saturated rings. The maximum absolute atomic E-state index is 5.07. The quantitative estimate of drug-likeness (QED) is 0.163. The van der Waals surface area contributed by atoms with Crippen LogP contribution in [0.1, 0.15) is 0 Å². The van der Waals surface area contributed by atoms with Gasteiger partial charge >= 0.3 is 21.1 Å². The molecule has 9 rings (SSSR count).